The van der Waals surface area contributed by atoms with Crippen LogP contribution >= 0.6 is 23.2 Å². The standard InChI is InChI=1S/C22H27Cl2N5O2/c1-22(2,17-4-6-18(23)7-5-17)11-19(25)14-28-10-9-27(21(28)15-29(30)31)13-16-3-8-20(24)26-12-16/h3-8,12,15,19H,9-11,13-14,25H2,1-2H3. The van der Waals surface area contributed by atoms with E-state index in [4.69, 9.17) is 28.9 Å². The first-order valence-corrected chi connectivity index (χ1v) is 10.9. The number of hydrogen-bond acceptors (Lipinski definition) is 6. The van der Waals surface area contributed by atoms with E-state index in [1.807, 2.05) is 40.1 Å². The normalized spacial score (nSPS) is 16.7. The van der Waals surface area contributed by atoms with Crippen LogP contribution in [0.25, 0.3) is 0 Å². The van der Waals surface area contributed by atoms with Gasteiger partial charge in [-0.15, -0.1) is 0 Å². The van der Waals surface area contributed by atoms with Gasteiger partial charge in [0.05, 0.1) is 4.92 Å². The third-order valence-corrected chi connectivity index (χ3v) is 6.00. The van der Waals surface area contributed by atoms with Crippen LogP contribution in [0.2, 0.25) is 10.2 Å². The van der Waals surface area contributed by atoms with Gasteiger partial charge in [0.15, 0.2) is 5.82 Å². The van der Waals surface area contributed by atoms with Gasteiger partial charge in [0.2, 0.25) is 0 Å². The minimum Gasteiger partial charge on any atom is -0.350 e. The zero-order valence-electron chi connectivity index (χ0n) is 17.7. The molecule has 2 heterocycles. The summed E-state index contributed by atoms with van der Waals surface area (Å²) in [5, 5.41) is 12.4. The Bertz CT molecular complexity index is 932. The number of pyridine rings is 1. The largest absolute Gasteiger partial charge is 0.350 e. The second-order valence-electron chi connectivity index (χ2n) is 8.48. The van der Waals surface area contributed by atoms with Crippen molar-refractivity contribution in [3.8, 4) is 0 Å². The second kappa shape index (κ2) is 9.85. The van der Waals surface area contributed by atoms with Gasteiger partial charge in [0, 0.05) is 43.4 Å². The van der Waals surface area contributed by atoms with Crippen LogP contribution < -0.4 is 5.73 Å². The smallest absolute Gasteiger partial charge is 0.274 e. The molecule has 2 N–H and O–H groups in total. The van der Waals surface area contributed by atoms with E-state index in [0.29, 0.717) is 42.2 Å². The van der Waals surface area contributed by atoms with Gasteiger partial charge in [0.25, 0.3) is 6.20 Å². The first-order chi connectivity index (χ1) is 14.6. The van der Waals surface area contributed by atoms with Crippen molar-refractivity contribution in [2.45, 2.75) is 38.3 Å². The zero-order chi connectivity index (χ0) is 22.6. The van der Waals surface area contributed by atoms with Gasteiger partial charge >= 0.3 is 0 Å². The van der Waals surface area contributed by atoms with Gasteiger partial charge in [-0.25, -0.2) is 4.98 Å². The van der Waals surface area contributed by atoms with Gasteiger partial charge in [-0.3, -0.25) is 10.1 Å². The zero-order valence-corrected chi connectivity index (χ0v) is 19.2. The molecule has 166 valence electrons. The van der Waals surface area contributed by atoms with Crippen LogP contribution in [-0.4, -0.2) is 45.4 Å². The maximum Gasteiger partial charge on any atom is 0.274 e. The maximum atomic E-state index is 11.3. The molecule has 2 aromatic rings. The highest BCUT2D eigenvalue weighted by molar-refractivity contribution is 6.30. The van der Waals surface area contributed by atoms with Crippen molar-refractivity contribution < 1.29 is 4.92 Å². The molecule has 0 saturated carbocycles. The van der Waals surface area contributed by atoms with E-state index in [-0.39, 0.29) is 11.5 Å². The summed E-state index contributed by atoms with van der Waals surface area (Å²) >= 11 is 11.9. The Labute approximate surface area is 192 Å². The van der Waals surface area contributed by atoms with Crippen LogP contribution in [0.4, 0.5) is 0 Å². The molecule has 1 aromatic heterocycles. The van der Waals surface area contributed by atoms with Crippen molar-refractivity contribution in [1.82, 2.24) is 14.8 Å². The van der Waals surface area contributed by atoms with Gasteiger partial charge in [0.1, 0.15) is 5.15 Å². The lowest BCUT2D eigenvalue weighted by Crippen LogP contribution is -2.40. The SMILES string of the molecule is CC(C)(CC(N)CN1CCN(Cc2ccc(Cl)nc2)C1=C[N+](=O)[O-])c1ccc(Cl)cc1. The number of halogens is 2. The van der Waals surface area contributed by atoms with Crippen molar-refractivity contribution in [3.05, 3.63) is 86.0 Å². The van der Waals surface area contributed by atoms with Crippen molar-refractivity contribution in [2.24, 2.45) is 5.73 Å². The molecule has 1 aromatic carbocycles. The van der Waals surface area contributed by atoms with Crippen LogP contribution in [0.1, 0.15) is 31.4 Å². The fourth-order valence-electron chi connectivity index (χ4n) is 4.02. The molecule has 1 unspecified atom stereocenters. The molecule has 1 aliphatic heterocycles. The maximum absolute atomic E-state index is 11.3. The second-order valence-corrected chi connectivity index (χ2v) is 9.31. The number of benzene rings is 1. The molecule has 9 heteroatoms. The van der Waals surface area contributed by atoms with E-state index in [1.54, 1.807) is 12.3 Å². The van der Waals surface area contributed by atoms with E-state index < -0.39 is 4.92 Å². The topological polar surface area (TPSA) is 88.5 Å². The fourth-order valence-corrected chi connectivity index (χ4v) is 4.25. The highest BCUT2D eigenvalue weighted by Gasteiger charge is 2.31. The molecule has 0 radical (unpaired) electrons. The Kier molecular flexibility index (Phi) is 7.41. The molecule has 7 nitrogen and oxygen atoms in total. The Morgan fingerprint density at radius 3 is 2.48 bits per heavy atom. The van der Waals surface area contributed by atoms with E-state index in [9.17, 15) is 10.1 Å². The van der Waals surface area contributed by atoms with Crippen molar-refractivity contribution in [3.63, 3.8) is 0 Å². The predicted octanol–water partition coefficient (Wildman–Crippen LogP) is 4.28. The van der Waals surface area contributed by atoms with Gasteiger partial charge < -0.3 is 15.5 Å². The van der Waals surface area contributed by atoms with Crippen LogP contribution in [0.3, 0.4) is 0 Å². The molecule has 0 bridgehead atoms. The summed E-state index contributed by atoms with van der Waals surface area (Å²) in [6, 6.07) is 11.2. The van der Waals surface area contributed by atoms with E-state index in [1.165, 1.54) is 0 Å². The molecular formula is C22H27Cl2N5O2. The van der Waals surface area contributed by atoms with E-state index >= 15 is 0 Å². The fraction of sp³-hybridized carbons (Fsp3) is 0.409. The van der Waals surface area contributed by atoms with Crippen LogP contribution in [0.15, 0.2) is 54.6 Å². The predicted molar refractivity (Wildman–Crippen MR) is 123 cm³/mol. The number of rotatable bonds is 8. The first-order valence-electron chi connectivity index (χ1n) is 10.1. The third kappa shape index (κ3) is 6.32. The summed E-state index contributed by atoms with van der Waals surface area (Å²) in [6.45, 7) is 6.70. The quantitative estimate of drug-likeness (QED) is 0.357. The summed E-state index contributed by atoms with van der Waals surface area (Å²) in [7, 11) is 0. The van der Waals surface area contributed by atoms with Crippen LogP contribution in [0, 0.1) is 10.1 Å². The van der Waals surface area contributed by atoms with Gasteiger partial charge in [-0.1, -0.05) is 55.2 Å². The highest BCUT2D eigenvalue weighted by Crippen LogP contribution is 2.30. The van der Waals surface area contributed by atoms with Gasteiger partial charge in [-0.05, 0) is 41.2 Å². The molecule has 1 fully saturated rings. The molecule has 1 saturated heterocycles. The number of aromatic nitrogens is 1. The minimum absolute atomic E-state index is 0.147. The Morgan fingerprint density at radius 1 is 1.19 bits per heavy atom. The van der Waals surface area contributed by atoms with Crippen molar-refractivity contribution in [2.75, 3.05) is 19.6 Å². The third-order valence-electron chi connectivity index (χ3n) is 5.52. The Balaban J connectivity index is 1.68. The van der Waals surface area contributed by atoms with Crippen molar-refractivity contribution in [1.29, 1.82) is 0 Å². The number of hydrogen-bond donors (Lipinski definition) is 1. The molecule has 31 heavy (non-hydrogen) atoms. The number of nitrogens with zero attached hydrogens (tertiary/aromatic N) is 4. The average Bonchev–Trinajstić information content (AvgIpc) is 3.04. The van der Waals surface area contributed by atoms with Crippen molar-refractivity contribution >= 4 is 23.2 Å². The van der Waals surface area contributed by atoms with Crippen LogP contribution in [0.5, 0.6) is 0 Å². The molecular weight excluding hydrogens is 437 g/mol. The number of nitrogens with two attached hydrogens (primary N) is 1. The van der Waals surface area contributed by atoms with Crippen LogP contribution in [-0.2, 0) is 12.0 Å². The number of nitro groups is 1. The lowest BCUT2D eigenvalue weighted by atomic mass is 9.79. The molecule has 0 aliphatic carbocycles. The molecule has 0 amide bonds. The van der Waals surface area contributed by atoms with Gasteiger partial charge in [-0.2, -0.15) is 0 Å². The molecule has 0 spiro atoms. The monoisotopic (exact) mass is 463 g/mol. The Hall–Kier alpha value is -2.35. The summed E-state index contributed by atoms with van der Waals surface area (Å²) in [4.78, 5) is 18.9. The van der Waals surface area contributed by atoms with E-state index in [0.717, 1.165) is 23.7 Å². The highest BCUT2D eigenvalue weighted by atomic mass is 35.5. The lowest BCUT2D eigenvalue weighted by molar-refractivity contribution is -0.405. The summed E-state index contributed by atoms with van der Waals surface area (Å²) in [5.74, 6) is 0.569. The summed E-state index contributed by atoms with van der Waals surface area (Å²) < 4.78 is 0. The average molecular weight is 464 g/mol. The Morgan fingerprint density at radius 2 is 1.87 bits per heavy atom. The first kappa shape index (κ1) is 23.3. The van der Waals surface area contributed by atoms with E-state index in [2.05, 4.69) is 18.8 Å². The molecule has 3 rings (SSSR count). The summed E-state index contributed by atoms with van der Waals surface area (Å²) in [5.41, 5.74) is 8.46. The minimum atomic E-state index is -0.413. The summed E-state index contributed by atoms with van der Waals surface area (Å²) in [6.07, 6.45) is 3.49. The molecule has 1 aliphatic rings. The lowest BCUT2D eigenvalue weighted by Gasteiger charge is -2.31. The molecule has 1 atom stereocenters.